The van der Waals surface area contributed by atoms with Gasteiger partial charge in [0.25, 0.3) is 9.05 Å². The predicted octanol–water partition coefficient (Wildman–Crippen LogP) is 2.28. The zero-order valence-corrected chi connectivity index (χ0v) is 9.29. The van der Waals surface area contributed by atoms with E-state index in [4.69, 9.17) is 22.3 Å². The minimum Gasteiger partial charge on any atom is -0.327 e. The molecular weight excluding hydrogens is 266 g/mol. The molecule has 0 bridgehead atoms. The number of aromatic amines is 1. The van der Waals surface area contributed by atoms with Crippen molar-refractivity contribution in [3.8, 4) is 0 Å². The van der Waals surface area contributed by atoms with Gasteiger partial charge in [0.2, 0.25) is 5.28 Å². The van der Waals surface area contributed by atoms with Gasteiger partial charge in [-0.05, 0) is 23.7 Å². The molecule has 0 radical (unpaired) electrons. The van der Waals surface area contributed by atoms with E-state index in [9.17, 15) is 12.8 Å². The van der Waals surface area contributed by atoms with Crippen molar-refractivity contribution >= 4 is 42.4 Å². The van der Waals surface area contributed by atoms with E-state index in [1.54, 1.807) is 0 Å². The van der Waals surface area contributed by atoms with Crippen molar-refractivity contribution in [3.05, 3.63) is 23.2 Å². The van der Waals surface area contributed by atoms with Crippen LogP contribution in [0.3, 0.4) is 0 Å². The monoisotopic (exact) mass is 268 g/mol. The number of H-pyrrole nitrogens is 1. The molecule has 1 aromatic heterocycles. The van der Waals surface area contributed by atoms with E-state index in [2.05, 4.69) is 9.97 Å². The molecule has 0 aliphatic heterocycles. The van der Waals surface area contributed by atoms with Gasteiger partial charge in [-0.2, -0.15) is 0 Å². The van der Waals surface area contributed by atoms with Gasteiger partial charge in [-0.1, -0.05) is 0 Å². The van der Waals surface area contributed by atoms with Gasteiger partial charge in [0, 0.05) is 10.7 Å². The SMILES string of the molecule is O=S(=O)(Cl)c1ccc(F)c2nc(Cl)[nH]c12. The fourth-order valence-corrected chi connectivity index (χ4v) is 2.40. The molecule has 0 unspecified atom stereocenters. The van der Waals surface area contributed by atoms with E-state index in [1.165, 1.54) is 0 Å². The standard InChI is InChI=1S/C7H3Cl2FN2O2S/c8-7-11-5-3(10)1-2-4(6(5)12-7)15(9,13)14/h1-2H,(H,11,12). The van der Waals surface area contributed by atoms with Crippen molar-refractivity contribution in [2.24, 2.45) is 0 Å². The lowest BCUT2D eigenvalue weighted by molar-refractivity contribution is 0.609. The number of fused-ring (bicyclic) bond motifs is 1. The Morgan fingerprint density at radius 1 is 1.40 bits per heavy atom. The van der Waals surface area contributed by atoms with Crippen LogP contribution >= 0.6 is 22.3 Å². The van der Waals surface area contributed by atoms with Crippen molar-refractivity contribution in [2.45, 2.75) is 4.90 Å². The first kappa shape index (κ1) is 10.7. The maximum absolute atomic E-state index is 13.2. The van der Waals surface area contributed by atoms with Gasteiger partial charge in [0.1, 0.15) is 10.4 Å². The lowest BCUT2D eigenvalue weighted by atomic mass is 10.3. The molecule has 0 fully saturated rings. The first-order chi connectivity index (χ1) is 6.89. The number of hydrogen-bond acceptors (Lipinski definition) is 3. The van der Waals surface area contributed by atoms with E-state index in [0.717, 1.165) is 12.1 Å². The zero-order chi connectivity index (χ0) is 11.2. The van der Waals surface area contributed by atoms with Crippen molar-refractivity contribution in [1.82, 2.24) is 9.97 Å². The van der Waals surface area contributed by atoms with Gasteiger partial charge in [-0.15, -0.1) is 0 Å². The van der Waals surface area contributed by atoms with Crippen LogP contribution in [0, 0.1) is 5.82 Å². The van der Waals surface area contributed by atoms with Crippen molar-refractivity contribution < 1.29 is 12.8 Å². The van der Waals surface area contributed by atoms with Crippen LogP contribution < -0.4 is 0 Å². The van der Waals surface area contributed by atoms with Gasteiger partial charge in [0.15, 0.2) is 5.82 Å². The van der Waals surface area contributed by atoms with Gasteiger partial charge < -0.3 is 4.98 Å². The molecule has 0 atom stereocenters. The number of hydrogen-bond donors (Lipinski definition) is 1. The summed E-state index contributed by atoms with van der Waals surface area (Å²) in [5.41, 5.74) is -0.184. The number of rotatable bonds is 1. The van der Waals surface area contributed by atoms with Crippen LogP contribution in [0.25, 0.3) is 11.0 Å². The number of nitrogens with one attached hydrogen (secondary N) is 1. The van der Waals surface area contributed by atoms with E-state index in [1.807, 2.05) is 0 Å². The van der Waals surface area contributed by atoms with Crippen LogP contribution in [-0.4, -0.2) is 18.4 Å². The third-order valence-corrected chi connectivity index (χ3v) is 3.33. The van der Waals surface area contributed by atoms with E-state index in [-0.39, 0.29) is 21.2 Å². The average molecular weight is 269 g/mol. The van der Waals surface area contributed by atoms with Gasteiger partial charge in [-0.25, -0.2) is 17.8 Å². The topological polar surface area (TPSA) is 62.8 Å². The molecule has 8 heteroatoms. The highest BCUT2D eigenvalue weighted by Crippen LogP contribution is 2.27. The Morgan fingerprint density at radius 2 is 2.07 bits per heavy atom. The Kier molecular flexibility index (Phi) is 2.37. The van der Waals surface area contributed by atoms with Crippen LogP contribution in [0.5, 0.6) is 0 Å². The zero-order valence-electron chi connectivity index (χ0n) is 6.96. The lowest BCUT2D eigenvalue weighted by Gasteiger charge is -1.97. The largest absolute Gasteiger partial charge is 0.327 e. The number of aromatic nitrogens is 2. The second-order valence-corrected chi connectivity index (χ2v) is 5.63. The summed E-state index contributed by atoms with van der Waals surface area (Å²) in [6.07, 6.45) is 0. The Bertz CT molecular complexity index is 638. The highest BCUT2D eigenvalue weighted by molar-refractivity contribution is 8.14. The summed E-state index contributed by atoms with van der Waals surface area (Å²) in [5.74, 6) is -0.669. The molecule has 4 nitrogen and oxygen atoms in total. The number of halogens is 3. The summed E-state index contributed by atoms with van der Waals surface area (Å²) in [6, 6.07) is 2.02. The first-order valence-corrected chi connectivity index (χ1v) is 6.36. The third kappa shape index (κ3) is 1.80. The Balaban J connectivity index is 2.95. The van der Waals surface area contributed by atoms with Gasteiger partial charge in [0.05, 0.1) is 5.52 Å². The molecular formula is C7H3Cl2FN2O2S. The van der Waals surface area contributed by atoms with Crippen LogP contribution in [0.2, 0.25) is 5.28 Å². The lowest BCUT2D eigenvalue weighted by Crippen LogP contribution is -1.93. The van der Waals surface area contributed by atoms with Crippen LogP contribution in [0.4, 0.5) is 4.39 Å². The quantitative estimate of drug-likeness (QED) is 0.808. The Hall–Kier alpha value is -0.850. The molecule has 0 aliphatic carbocycles. The summed E-state index contributed by atoms with van der Waals surface area (Å²) >= 11 is 5.51. The van der Waals surface area contributed by atoms with Crippen LogP contribution in [0.15, 0.2) is 17.0 Å². The molecule has 1 N–H and O–H groups in total. The van der Waals surface area contributed by atoms with Gasteiger partial charge >= 0.3 is 0 Å². The fraction of sp³-hybridized carbons (Fsp3) is 0. The summed E-state index contributed by atoms with van der Waals surface area (Å²) in [7, 11) is 1.20. The van der Waals surface area contributed by atoms with Crippen LogP contribution in [0.1, 0.15) is 0 Å². The first-order valence-electron chi connectivity index (χ1n) is 3.68. The molecule has 1 heterocycles. The normalized spacial score (nSPS) is 12.2. The molecule has 0 aliphatic rings. The second kappa shape index (κ2) is 3.33. The second-order valence-electron chi connectivity index (χ2n) is 2.73. The molecule has 0 saturated carbocycles. The Labute approximate surface area is 93.4 Å². The highest BCUT2D eigenvalue weighted by Gasteiger charge is 2.19. The number of imidazole rings is 1. The molecule has 0 spiro atoms. The molecule has 15 heavy (non-hydrogen) atoms. The molecule has 0 amide bonds. The summed E-state index contributed by atoms with van der Waals surface area (Å²) in [6.45, 7) is 0. The van der Waals surface area contributed by atoms with E-state index in [0.29, 0.717) is 0 Å². The molecule has 2 rings (SSSR count). The Morgan fingerprint density at radius 3 is 2.67 bits per heavy atom. The molecule has 1 aromatic carbocycles. The number of benzene rings is 1. The average Bonchev–Trinajstić information content (AvgIpc) is 2.45. The third-order valence-electron chi connectivity index (χ3n) is 1.79. The maximum Gasteiger partial charge on any atom is 0.263 e. The van der Waals surface area contributed by atoms with Crippen molar-refractivity contribution in [2.75, 3.05) is 0 Å². The van der Waals surface area contributed by atoms with E-state index < -0.39 is 14.9 Å². The summed E-state index contributed by atoms with van der Waals surface area (Å²) in [5, 5.41) is -0.100. The maximum atomic E-state index is 13.2. The highest BCUT2D eigenvalue weighted by atomic mass is 35.7. The minimum atomic E-state index is -3.96. The minimum absolute atomic E-state index is 0.0324. The van der Waals surface area contributed by atoms with E-state index >= 15 is 0 Å². The van der Waals surface area contributed by atoms with Gasteiger partial charge in [-0.3, -0.25) is 0 Å². The molecule has 2 aromatic rings. The fourth-order valence-electron chi connectivity index (χ4n) is 1.21. The van der Waals surface area contributed by atoms with Crippen molar-refractivity contribution in [1.29, 1.82) is 0 Å². The molecule has 0 saturated heterocycles. The summed E-state index contributed by atoms with van der Waals surface area (Å²) < 4.78 is 35.4. The molecule has 80 valence electrons. The summed E-state index contributed by atoms with van der Waals surface area (Å²) in [4.78, 5) is 5.77. The number of nitrogens with zero attached hydrogens (tertiary/aromatic N) is 1. The predicted molar refractivity (Wildman–Crippen MR) is 54.1 cm³/mol. The smallest absolute Gasteiger partial charge is 0.263 e. The van der Waals surface area contributed by atoms with Crippen LogP contribution in [-0.2, 0) is 9.05 Å². The van der Waals surface area contributed by atoms with Crippen molar-refractivity contribution in [3.63, 3.8) is 0 Å².